The van der Waals surface area contributed by atoms with Crippen molar-refractivity contribution in [2.24, 2.45) is 5.73 Å². The minimum Gasteiger partial charge on any atom is -0.324 e. The largest absolute Gasteiger partial charge is 0.416 e. The van der Waals surface area contributed by atoms with Crippen molar-refractivity contribution in [3.63, 3.8) is 0 Å². The van der Waals surface area contributed by atoms with E-state index >= 15 is 0 Å². The SMILES string of the molecule is NC(Cc1ccc(C(F)(F)F)cc1)c1cccc(Br)c1. The Labute approximate surface area is 123 Å². The fourth-order valence-electron chi connectivity index (χ4n) is 1.94. The number of rotatable bonds is 3. The highest BCUT2D eigenvalue weighted by Crippen LogP contribution is 2.29. The van der Waals surface area contributed by atoms with Crippen molar-refractivity contribution in [2.45, 2.75) is 18.6 Å². The summed E-state index contributed by atoms with van der Waals surface area (Å²) >= 11 is 3.37. The predicted molar refractivity (Wildman–Crippen MR) is 76.2 cm³/mol. The third-order valence-corrected chi connectivity index (χ3v) is 3.51. The molecular weight excluding hydrogens is 331 g/mol. The molecule has 2 aromatic carbocycles. The molecule has 0 saturated carbocycles. The molecule has 0 saturated heterocycles. The van der Waals surface area contributed by atoms with Gasteiger partial charge in [-0.2, -0.15) is 13.2 Å². The van der Waals surface area contributed by atoms with Gasteiger partial charge in [0.25, 0.3) is 0 Å². The molecule has 2 aromatic rings. The number of alkyl halides is 3. The first-order chi connectivity index (χ1) is 9.36. The van der Waals surface area contributed by atoms with Gasteiger partial charge in [-0.05, 0) is 41.8 Å². The zero-order chi connectivity index (χ0) is 14.8. The lowest BCUT2D eigenvalue weighted by Crippen LogP contribution is -2.13. The minimum absolute atomic E-state index is 0.246. The summed E-state index contributed by atoms with van der Waals surface area (Å²) in [7, 11) is 0. The Morgan fingerprint density at radius 2 is 1.70 bits per heavy atom. The molecule has 0 aliphatic carbocycles. The van der Waals surface area contributed by atoms with E-state index in [4.69, 9.17) is 5.73 Å². The summed E-state index contributed by atoms with van der Waals surface area (Å²) in [6.07, 6.45) is -3.81. The van der Waals surface area contributed by atoms with Gasteiger partial charge >= 0.3 is 6.18 Å². The first kappa shape index (κ1) is 15.1. The first-order valence-electron chi connectivity index (χ1n) is 6.03. The van der Waals surface area contributed by atoms with Crippen molar-refractivity contribution in [1.29, 1.82) is 0 Å². The Balaban J connectivity index is 2.10. The van der Waals surface area contributed by atoms with Crippen molar-refractivity contribution in [3.05, 3.63) is 69.7 Å². The van der Waals surface area contributed by atoms with E-state index in [9.17, 15) is 13.2 Å². The minimum atomic E-state index is -4.30. The van der Waals surface area contributed by atoms with Crippen LogP contribution in [0.1, 0.15) is 22.7 Å². The van der Waals surface area contributed by atoms with Crippen LogP contribution in [0.2, 0.25) is 0 Å². The van der Waals surface area contributed by atoms with Crippen LogP contribution in [0.15, 0.2) is 53.0 Å². The van der Waals surface area contributed by atoms with Crippen LogP contribution in [-0.4, -0.2) is 0 Å². The van der Waals surface area contributed by atoms with E-state index in [1.807, 2.05) is 24.3 Å². The van der Waals surface area contributed by atoms with Gasteiger partial charge in [-0.1, -0.05) is 40.2 Å². The maximum absolute atomic E-state index is 12.5. The van der Waals surface area contributed by atoms with Crippen LogP contribution in [0.3, 0.4) is 0 Å². The molecule has 106 valence electrons. The molecule has 2 N–H and O–H groups in total. The van der Waals surface area contributed by atoms with Crippen molar-refractivity contribution in [3.8, 4) is 0 Å². The second-order valence-electron chi connectivity index (χ2n) is 4.56. The Morgan fingerprint density at radius 1 is 1.05 bits per heavy atom. The lowest BCUT2D eigenvalue weighted by atomic mass is 9.99. The number of nitrogens with two attached hydrogens (primary N) is 1. The molecular formula is C15H13BrF3N. The summed E-state index contributed by atoms with van der Waals surface area (Å²) < 4.78 is 38.3. The lowest BCUT2D eigenvalue weighted by Gasteiger charge is -2.13. The van der Waals surface area contributed by atoms with Crippen LogP contribution >= 0.6 is 15.9 Å². The summed E-state index contributed by atoms with van der Waals surface area (Å²) in [4.78, 5) is 0. The molecule has 0 aliphatic rings. The van der Waals surface area contributed by atoms with Crippen LogP contribution in [0, 0.1) is 0 Å². The molecule has 5 heteroatoms. The Kier molecular flexibility index (Phi) is 4.50. The molecule has 1 unspecified atom stereocenters. The average Bonchev–Trinajstić information content (AvgIpc) is 2.38. The van der Waals surface area contributed by atoms with Gasteiger partial charge in [-0.25, -0.2) is 0 Å². The van der Waals surface area contributed by atoms with Crippen molar-refractivity contribution < 1.29 is 13.2 Å². The third-order valence-electron chi connectivity index (χ3n) is 3.01. The van der Waals surface area contributed by atoms with E-state index in [0.717, 1.165) is 27.7 Å². The summed E-state index contributed by atoms with van der Waals surface area (Å²) in [6.45, 7) is 0. The monoisotopic (exact) mass is 343 g/mol. The van der Waals surface area contributed by atoms with E-state index in [1.54, 1.807) is 0 Å². The summed E-state index contributed by atoms with van der Waals surface area (Å²) in [5, 5.41) is 0. The highest BCUT2D eigenvalue weighted by molar-refractivity contribution is 9.10. The quantitative estimate of drug-likeness (QED) is 0.857. The average molecular weight is 344 g/mol. The van der Waals surface area contributed by atoms with Crippen LogP contribution in [0.25, 0.3) is 0 Å². The van der Waals surface area contributed by atoms with Crippen LogP contribution in [0.4, 0.5) is 13.2 Å². The zero-order valence-electron chi connectivity index (χ0n) is 10.5. The first-order valence-corrected chi connectivity index (χ1v) is 6.83. The van der Waals surface area contributed by atoms with Crippen LogP contribution in [-0.2, 0) is 12.6 Å². The second kappa shape index (κ2) is 5.97. The molecule has 0 aliphatic heterocycles. The standard InChI is InChI=1S/C15H13BrF3N/c16-13-3-1-2-11(9-13)14(20)8-10-4-6-12(7-5-10)15(17,18)19/h1-7,9,14H,8,20H2. The molecule has 0 radical (unpaired) electrons. The predicted octanol–water partition coefficient (Wildman–Crippen LogP) is 4.71. The van der Waals surface area contributed by atoms with Gasteiger partial charge < -0.3 is 5.73 Å². The van der Waals surface area contributed by atoms with Crippen molar-refractivity contribution in [1.82, 2.24) is 0 Å². The van der Waals surface area contributed by atoms with E-state index in [-0.39, 0.29) is 6.04 Å². The van der Waals surface area contributed by atoms with Gasteiger partial charge in [0, 0.05) is 10.5 Å². The van der Waals surface area contributed by atoms with Gasteiger partial charge in [0.1, 0.15) is 0 Å². The Hall–Kier alpha value is -1.33. The number of halogens is 4. The van der Waals surface area contributed by atoms with Crippen molar-refractivity contribution in [2.75, 3.05) is 0 Å². The third kappa shape index (κ3) is 3.84. The fraction of sp³-hybridized carbons (Fsp3) is 0.200. The van der Waals surface area contributed by atoms with Crippen LogP contribution in [0.5, 0.6) is 0 Å². The van der Waals surface area contributed by atoms with E-state index in [1.165, 1.54) is 12.1 Å². The molecule has 20 heavy (non-hydrogen) atoms. The molecule has 2 rings (SSSR count). The molecule has 0 heterocycles. The van der Waals surface area contributed by atoms with Gasteiger partial charge in [0.2, 0.25) is 0 Å². The Bertz CT molecular complexity index is 578. The molecule has 0 aromatic heterocycles. The second-order valence-corrected chi connectivity index (χ2v) is 5.48. The highest BCUT2D eigenvalue weighted by Gasteiger charge is 2.29. The van der Waals surface area contributed by atoms with Crippen molar-refractivity contribution >= 4 is 15.9 Å². The molecule has 0 fully saturated rings. The zero-order valence-corrected chi connectivity index (χ0v) is 12.1. The van der Waals surface area contributed by atoms with Gasteiger partial charge in [0.15, 0.2) is 0 Å². The maximum atomic E-state index is 12.5. The molecule has 1 nitrogen and oxygen atoms in total. The topological polar surface area (TPSA) is 26.0 Å². The normalized spacial score (nSPS) is 13.2. The van der Waals surface area contributed by atoms with E-state index in [2.05, 4.69) is 15.9 Å². The van der Waals surface area contributed by atoms with Gasteiger partial charge in [-0.3, -0.25) is 0 Å². The number of hydrogen-bond acceptors (Lipinski definition) is 1. The fourth-order valence-corrected chi connectivity index (χ4v) is 2.36. The lowest BCUT2D eigenvalue weighted by molar-refractivity contribution is -0.137. The molecule has 0 amide bonds. The molecule has 0 bridgehead atoms. The van der Waals surface area contributed by atoms with E-state index in [0.29, 0.717) is 6.42 Å². The van der Waals surface area contributed by atoms with Crippen LogP contribution < -0.4 is 5.73 Å². The maximum Gasteiger partial charge on any atom is 0.416 e. The van der Waals surface area contributed by atoms with Gasteiger partial charge in [-0.15, -0.1) is 0 Å². The smallest absolute Gasteiger partial charge is 0.324 e. The van der Waals surface area contributed by atoms with Gasteiger partial charge in [0.05, 0.1) is 5.56 Å². The molecule has 1 atom stereocenters. The summed E-state index contributed by atoms with van der Waals surface area (Å²) in [6, 6.07) is 12.5. The number of hydrogen-bond donors (Lipinski definition) is 1. The Morgan fingerprint density at radius 3 is 2.25 bits per heavy atom. The van der Waals surface area contributed by atoms with E-state index < -0.39 is 11.7 Å². The molecule has 0 spiro atoms. The summed E-state index contributed by atoms with van der Waals surface area (Å²) in [5.74, 6) is 0. The highest BCUT2D eigenvalue weighted by atomic mass is 79.9. The number of benzene rings is 2. The summed E-state index contributed by atoms with van der Waals surface area (Å²) in [5.41, 5.74) is 7.16.